The Morgan fingerprint density at radius 1 is 1.29 bits per heavy atom. The van der Waals surface area contributed by atoms with Gasteiger partial charge in [0.25, 0.3) is 0 Å². The number of carboxylic acids is 1. The Morgan fingerprint density at radius 3 is 2.41 bits per heavy atom. The van der Waals surface area contributed by atoms with Crippen LogP contribution in [0.4, 0.5) is 0 Å². The molecule has 0 saturated carbocycles. The summed E-state index contributed by atoms with van der Waals surface area (Å²) in [4.78, 5) is 11.0. The molecule has 1 unspecified atom stereocenters. The Kier molecular flexibility index (Phi) is 8.17. The summed E-state index contributed by atoms with van der Waals surface area (Å²) < 4.78 is 5.46. The number of unbranched alkanes of at least 4 members (excludes halogenated alkanes) is 3. The predicted molar refractivity (Wildman–Crippen MR) is 69.0 cm³/mol. The number of carbonyl (C=O) groups is 1. The zero-order valence-electron chi connectivity index (χ0n) is 11.6. The molecule has 0 bridgehead atoms. The summed E-state index contributed by atoms with van der Waals surface area (Å²) in [6.07, 6.45) is 5.06. The summed E-state index contributed by atoms with van der Waals surface area (Å²) in [6.45, 7) is 8.28. The molecule has 0 aliphatic heterocycles. The van der Waals surface area contributed by atoms with E-state index in [0.29, 0.717) is 6.42 Å². The van der Waals surface area contributed by atoms with Crippen molar-refractivity contribution in [2.45, 2.75) is 71.4 Å². The van der Waals surface area contributed by atoms with Gasteiger partial charge in [0.15, 0.2) is 0 Å². The van der Waals surface area contributed by atoms with Crippen molar-refractivity contribution in [1.29, 1.82) is 0 Å². The maximum Gasteiger partial charge on any atom is 0.320 e. The van der Waals surface area contributed by atoms with Gasteiger partial charge < -0.3 is 9.84 Å². The molecule has 0 spiro atoms. The van der Waals surface area contributed by atoms with Crippen LogP contribution >= 0.6 is 0 Å². The number of hydrogen-bond acceptors (Lipinski definition) is 3. The van der Waals surface area contributed by atoms with E-state index in [4.69, 9.17) is 9.84 Å². The first-order valence-electron chi connectivity index (χ1n) is 6.47. The fourth-order valence-electron chi connectivity index (χ4n) is 1.45. The van der Waals surface area contributed by atoms with Crippen LogP contribution in [0.25, 0.3) is 0 Å². The molecule has 0 aromatic rings. The Bertz CT molecular complexity index is 211. The summed E-state index contributed by atoms with van der Waals surface area (Å²) in [5.41, 5.74) is -0.238. The first kappa shape index (κ1) is 16.4. The van der Waals surface area contributed by atoms with E-state index < -0.39 is 12.0 Å². The average Bonchev–Trinajstić information content (AvgIpc) is 2.19. The first-order valence-corrected chi connectivity index (χ1v) is 6.47. The van der Waals surface area contributed by atoms with Crippen LogP contribution in [0, 0.1) is 0 Å². The summed E-state index contributed by atoms with van der Waals surface area (Å²) in [6, 6.07) is -0.491. The van der Waals surface area contributed by atoms with Gasteiger partial charge in [0.2, 0.25) is 0 Å². The minimum absolute atomic E-state index is 0.238. The quantitative estimate of drug-likeness (QED) is 0.484. The maximum absolute atomic E-state index is 11.0. The standard InChI is InChI=1S/C13H27NO3/c1-5-6-7-8-9-11(12(15)16)14-10-17-13(2,3)4/h11,14H,5-10H2,1-4H3,(H,15,16). The highest BCUT2D eigenvalue weighted by Crippen LogP contribution is 2.08. The van der Waals surface area contributed by atoms with Crippen LogP contribution in [-0.4, -0.2) is 29.4 Å². The average molecular weight is 245 g/mol. The maximum atomic E-state index is 11.0. The lowest BCUT2D eigenvalue weighted by Gasteiger charge is -2.22. The molecule has 0 heterocycles. The zero-order valence-corrected chi connectivity index (χ0v) is 11.6. The normalized spacial score (nSPS) is 13.6. The monoisotopic (exact) mass is 245 g/mol. The van der Waals surface area contributed by atoms with E-state index in [1.54, 1.807) is 0 Å². The second-order valence-corrected chi connectivity index (χ2v) is 5.35. The molecule has 102 valence electrons. The first-order chi connectivity index (χ1) is 7.87. The summed E-state index contributed by atoms with van der Waals surface area (Å²) in [7, 11) is 0. The minimum Gasteiger partial charge on any atom is -0.480 e. The van der Waals surface area contributed by atoms with Crippen LogP contribution in [0.3, 0.4) is 0 Å². The van der Waals surface area contributed by atoms with Crippen molar-refractivity contribution in [2.75, 3.05) is 6.73 Å². The lowest BCUT2D eigenvalue weighted by molar-refractivity contribution is -0.140. The molecule has 0 aromatic carbocycles. The van der Waals surface area contributed by atoms with Crippen LogP contribution < -0.4 is 5.32 Å². The molecule has 4 heteroatoms. The number of rotatable bonds is 9. The SMILES string of the molecule is CCCCCCC(NCOC(C)(C)C)C(=O)O. The largest absolute Gasteiger partial charge is 0.480 e. The minimum atomic E-state index is -0.793. The van der Waals surface area contributed by atoms with Gasteiger partial charge in [-0.15, -0.1) is 0 Å². The van der Waals surface area contributed by atoms with Crippen LogP contribution in [0.5, 0.6) is 0 Å². The second-order valence-electron chi connectivity index (χ2n) is 5.35. The van der Waals surface area contributed by atoms with E-state index in [1.807, 2.05) is 20.8 Å². The molecule has 0 radical (unpaired) electrons. The third-order valence-corrected chi connectivity index (χ3v) is 2.48. The number of aliphatic carboxylic acids is 1. The lowest BCUT2D eigenvalue weighted by atomic mass is 10.1. The van der Waals surface area contributed by atoms with Gasteiger partial charge in [0.1, 0.15) is 6.04 Å². The van der Waals surface area contributed by atoms with E-state index in [9.17, 15) is 4.79 Å². The molecule has 0 aliphatic carbocycles. The fourth-order valence-corrected chi connectivity index (χ4v) is 1.45. The van der Waals surface area contributed by atoms with Crippen molar-refractivity contribution in [2.24, 2.45) is 0 Å². The fraction of sp³-hybridized carbons (Fsp3) is 0.923. The predicted octanol–water partition coefficient (Wildman–Crippen LogP) is 2.77. The van der Waals surface area contributed by atoms with Gasteiger partial charge in [-0.05, 0) is 27.2 Å². The molecule has 0 rings (SSSR count). The lowest BCUT2D eigenvalue weighted by Crippen LogP contribution is -2.40. The van der Waals surface area contributed by atoms with Crippen LogP contribution in [0.1, 0.15) is 59.8 Å². The second kappa shape index (κ2) is 8.48. The topological polar surface area (TPSA) is 58.6 Å². The number of ether oxygens (including phenoxy) is 1. The molecule has 0 aliphatic rings. The highest BCUT2D eigenvalue weighted by Gasteiger charge is 2.17. The van der Waals surface area contributed by atoms with Crippen molar-refractivity contribution < 1.29 is 14.6 Å². The van der Waals surface area contributed by atoms with Crippen molar-refractivity contribution >= 4 is 5.97 Å². The summed E-state index contributed by atoms with van der Waals surface area (Å²) >= 11 is 0. The molecular formula is C13H27NO3. The Labute approximate surface area is 105 Å². The molecular weight excluding hydrogens is 218 g/mol. The third kappa shape index (κ3) is 10.3. The van der Waals surface area contributed by atoms with Crippen LogP contribution in [-0.2, 0) is 9.53 Å². The van der Waals surface area contributed by atoms with E-state index in [-0.39, 0.29) is 12.3 Å². The van der Waals surface area contributed by atoms with Gasteiger partial charge in [0, 0.05) is 0 Å². The van der Waals surface area contributed by atoms with Gasteiger partial charge >= 0.3 is 5.97 Å². The van der Waals surface area contributed by atoms with Gasteiger partial charge in [-0.25, -0.2) is 0 Å². The van der Waals surface area contributed by atoms with Gasteiger partial charge in [0.05, 0.1) is 12.3 Å². The molecule has 1 atom stereocenters. The van der Waals surface area contributed by atoms with Gasteiger partial charge in [-0.3, -0.25) is 10.1 Å². The molecule has 0 fully saturated rings. The smallest absolute Gasteiger partial charge is 0.320 e. The Morgan fingerprint density at radius 2 is 1.94 bits per heavy atom. The molecule has 17 heavy (non-hydrogen) atoms. The Balaban J connectivity index is 3.79. The molecule has 2 N–H and O–H groups in total. The highest BCUT2D eigenvalue weighted by molar-refractivity contribution is 5.73. The van der Waals surface area contributed by atoms with Crippen molar-refractivity contribution in [1.82, 2.24) is 5.32 Å². The summed E-state index contributed by atoms with van der Waals surface area (Å²) in [5.74, 6) is -0.793. The van der Waals surface area contributed by atoms with Crippen LogP contribution in [0.15, 0.2) is 0 Å². The number of nitrogens with one attached hydrogen (secondary N) is 1. The Hall–Kier alpha value is -0.610. The molecule has 4 nitrogen and oxygen atoms in total. The van der Waals surface area contributed by atoms with E-state index >= 15 is 0 Å². The van der Waals surface area contributed by atoms with Crippen molar-refractivity contribution in [3.05, 3.63) is 0 Å². The number of hydrogen-bond donors (Lipinski definition) is 2. The van der Waals surface area contributed by atoms with E-state index in [0.717, 1.165) is 19.3 Å². The van der Waals surface area contributed by atoms with Crippen molar-refractivity contribution in [3.8, 4) is 0 Å². The zero-order chi connectivity index (χ0) is 13.3. The summed E-state index contributed by atoms with van der Waals surface area (Å²) in [5, 5.41) is 12.0. The highest BCUT2D eigenvalue weighted by atomic mass is 16.5. The molecule has 0 aromatic heterocycles. The van der Waals surface area contributed by atoms with E-state index in [2.05, 4.69) is 12.2 Å². The van der Waals surface area contributed by atoms with Gasteiger partial charge in [-0.1, -0.05) is 32.6 Å². The van der Waals surface area contributed by atoms with Crippen LogP contribution in [0.2, 0.25) is 0 Å². The molecule has 0 amide bonds. The number of carboxylic acid groups (broad SMARTS) is 1. The van der Waals surface area contributed by atoms with Crippen molar-refractivity contribution in [3.63, 3.8) is 0 Å². The molecule has 0 saturated heterocycles. The van der Waals surface area contributed by atoms with E-state index in [1.165, 1.54) is 6.42 Å². The van der Waals surface area contributed by atoms with Gasteiger partial charge in [-0.2, -0.15) is 0 Å². The third-order valence-electron chi connectivity index (χ3n) is 2.48.